The highest BCUT2D eigenvalue weighted by Gasteiger charge is 2.18. The summed E-state index contributed by atoms with van der Waals surface area (Å²) in [6.45, 7) is 2.22. The smallest absolute Gasteiger partial charge is 0.133 e. The first-order valence-corrected chi connectivity index (χ1v) is 6.60. The van der Waals surface area contributed by atoms with E-state index in [1.54, 1.807) is 6.26 Å². The second-order valence-corrected chi connectivity index (χ2v) is 4.75. The lowest BCUT2D eigenvalue weighted by molar-refractivity contribution is 0.549. The molecule has 0 amide bonds. The Labute approximate surface area is 108 Å². The van der Waals surface area contributed by atoms with Crippen LogP contribution in [0, 0.1) is 6.42 Å². The van der Waals surface area contributed by atoms with Crippen molar-refractivity contribution in [3.05, 3.63) is 65.5 Å². The summed E-state index contributed by atoms with van der Waals surface area (Å²) in [6.07, 6.45) is 9.76. The Morgan fingerprint density at radius 2 is 1.89 bits per heavy atom. The maximum Gasteiger partial charge on any atom is 0.133 e. The molecule has 1 radical (unpaired) electrons. The molecular weight excluding hydrogens is 220 g/mol. The molecule has 1 heteroatoms. The fourth-order valence-electron chi connectivity index (χ4n) is 2.43. The van der Waals surface area contributed by atoms with E-state index in [2.05, 4.69) is 49.8 Å². The monoisotopic (exact) mass is 237 g/mol. The van der Waals surface area contributed by atoms with Crippen LogP contribution >= 0.6 is 0 Å². The van der Waals surface area contributed by atoms with Crippen molar-refractivity contribution in [1.82, 2.24) is 0 Å². The lowest BCUT2D eigenvalue weighted by Gasteiger charge is -2.02. The zero-order valence-electron chi connectivity index (χ0n) is 10.6. The summed E-state index contributed by atoms with van der Waals surface area (Å²) in [6, 6.07) is 10.5. The van der Waals surface area contributed by atoms with E-state index in [1.165, 1.54) is 35.1 Å². The summed E-state index contributed by atoms with van der Waals surface area (Å²) in [5.74, 6) is 1.04. The number of allylic oxidation sites excluding steroid dienone is 1. The van der Waals surface area contributed by atoms with E-state index in [4.69, 9.17) is 4.42 Å². The molecule has 0 saturated heterocycles. The van der Waals surface area contributed by atoms with E-state index in [-0.39, 0.29) is 0 Å². The van der Waals surface area contributed by atoms with Gasteiger partial charge in [-0.2, -0.15) is 0 Å². The molecule has 0 atom stereocenters. The van der Waals surface area contributed by atoms with Crippen molar-refractivity contribution in [2.75, 3.05) is 0 Å². The van der Waals surface area contributed by atoms with E-state index < -0.39 is 0 Å². The zero-order chi connectivity index (χ0) is 12.4. The van der Waals surface area contributed by atoms with Crippen LogP contribution in [0.15, 0.2) is 41.0 Å². The van der Waals surface area contributed by atoms with Crippen LogP contribution in [-0.4, -0.2) is 0 Å². The number of fused-ring (bicyclic) bond motifs is 1. The number of aryl methyl sites for hydroxylation is 1. The third-order valence-electron chi connectivity index (χ3n) is 3.43. The largest absolute Gasteiger partial charge is 0.464 e. The average Bonchev–Trinajstić information content (AvgIpc) is 3.01. The van der Waals surface area contributed by atoms with Gasteiger partial charge >= 0.3 is 0 Å². The molecule has 0 fully saturated rings. The minimum absolute atomic E-state index is 1.04. The first-order chi connectivity index (χ1) is 8.88. The second kappa shape index (κ2) is 4.85. The summed E-state index contributed by atoms with van der Waals surface area (Å²) in [5.41, 5.74) is 5.09. The van der Waals surface area contributed by atoms with Gasteiger partial charge in [0, 0.05) is 12.0 Å². The first kappa shape index (κ1) is 11.3. The Morgan fingerprint density at radius 3 is 2.67 bits per heavy atom. The highest BCUT2D eigenvalue weighted by atomic mass is 16.3. The fourth-order valence-corrected chi connectivity index (χ4v) is 2.43. The maximum absolute atomic E-state index is 5.68. The van der Waals surface area contributed by atoms with Gasteiger partial charge in [0.1, 0.15) is 5.76 Å². The summed E-state index contributed by atoms with van der Waals surface area (Å²) < 4.78 is 5.68. The molecule has 1 aliphatic carbocycles. The van der Waals surface area contributed by atoms with E-state index in [0.29, 0.717) is 0 Å². The van der Waals surface area contributed by atoms with Crippen molar-refractivity contribution < 1.29 is 4.42 Å². The first-order valence-electron chi connectivity index (χ1n) is 6.60. The molecule has 1 heterocycles. The number of hydrogen-bond acceptors (Lipinski definition) is 1. The zero-order valence-corrected chi connectivity index (χ0v) is 10.6. The van der Waals surface area contributed by atoms with Gasteiger partial charge in [0.15, 0.2) is 0 Å². The van der Waals surface area contributed by atoms with E-state index >= 15 is 0 Å². The van der Waals surface area contributed by atoms with Crippen molar-refractivity contribution in [1.29, 1.82) is 0 Å². The molecule has 0 N–H and O–H groups in total. The third-order valence-corrected chi connectivity index (χ3v) is 3.43. The van der Waals surface area contributed by atoms with Crippen LogP contribution in [0.4, 0.5) is 0 Å². The lowest BCUT2D eigenvalue weighted by Crippen LogP contribution is -1.88. The molecule has 0 saturated carbocycles. The van der Waals surface area contributed by atoms with Crippen LogP contribution in [0.1, 0.15) is 42.2 Å². The second-order valence-electron chi connectivity index (χ2n) is 4.75. The number of hydrogen-bond donors (Lipinski definition) is 0. The third kappa shape index (κ3) is 2.01. The fraction of sp³-hybridized carbons (Fsp3) is 0.235. The van der Waals surface area contributed by atoms with Gasteiger partial charge < -0.3 is 4.42 Å². The highest BCUT2D eigenvalue weighted by molar-refractivity contribution is 5.93. The van der Waals surface area contributed by atoms with Crippen molar-refractivity contribution in [2.24, 2.45) is 0 Å². The van der Waals surface area contributed by atoms with Gasteiger partial charge in [-0.25, -0.2) is 0 Å². The molecule has 18 heavy (non-hydrogen) atoms. The minimum Gasteiger partial charge on any atom is -0.464 e. The number of benzene rings is 1. The van der Waals surface area contributed by atoms with Gasteiger partial charge in [0.25, 0.3) is 0 Å². The molecule has 2 aromatic rings. The SMILES string of the molecule is CCCCc1ccoc1C1=Cc2ccccc2[CH]1. The Kier molecular flexibility index (Phi) is 3.06. The van der Waals surface area contributed by atoms with Gasteiger partial charge in [-0.15, -0.1) is 0 Å². The standard InChI is InChI=1S/C17H17O/c1-2-3-6-13-9-10-18-17(13)16-11-14-7-4-5-8-15(14)12-16/h4-5,7-12H,2-3,6H2,1H3. The van der Waals surface area contributed by atoms with Gasteiger partial charge in [-0.05, 0) is 41.7 Å². The quantitative estimate of drug-likeness (QED) is 0.749. The number of furan rings is 1. The minimum atomic E-state index is 1.04. The van der Waals surface area contributed by atoms with Crippen molar-refractivity contribution in [3.8, 4) is 0 Å². The predicted octanol–water partition coefficient (Wildman–Crippen LogP) is 4.73. The maximum atomic E-state index is 5.68. The van der Waals surface area contributed by atoms with Crippen LogP contribution < -0.4 is 0 Å². The van der Waals surface area contributed by atoms with E-state index in [0.717, 1.165) is 12.2 Å². The number of unbranched alkanes of at least 4 members (excludes halogenated alkanes) is 1. The predicted molar refractivity (Wildman–Crippen MR) is 75.0 cm³/mol. The molecule has 1 aromatic carbocycles. The Bertz CT molecular complexity index is 575. The van der Waals surface area contributed by atoms with E-state index in [9.17, 15) is 0 Å². The molecule has 0 bridgehead atoms. The van der Waals surface area contributed by atoms with Crippen LogP contribution in [0.3, 0.4) is 0 Å². The van der Waals surface area contributed by atoms with Gasteiger partial charge in [0.05, 0.1) is 6.26 Å². The Hall–Kier alpha value is -1.76. The number of rotatable bonds is 4. The summed E-state index contributed by atoms with van der Waals surface area (Å²) in [5, 5.41) is 0. The Morgan fingerprint density at radius 1 is 1.06 bits per heavy atom. The van der Waals surface area contributed by atoms with Crippen LogP contribution in [0.2, 0.25) is 0 Å². The average molecular weight is 237 g/mol. The van der Waals surface area contributed by atoms with Crippen LogP contribution in [0.25, 0.3) is 11.6 Å². The van der Waals surface area contributed by atoms with Crippen molar-refractivity contribution in [3.63, 3.8) is 0 Å². The summed E-state index contributed by atoms with van der Waals surface area (Å²) in [4.78, 5) is 0. The molecule has 1 aliphatic rings. The molecule has 0 aliphatic heterocycles. The van der Waals surface area contributed by atoms with Crippen molar-refractivity contribution >= 4 is 11.6 Å². The van der Waals surface area contributed by atoms with E-state index in [1.807, 2.05) is 0 Å². The molecule has 1 nitrogen and oxygen atoms in total. The normalized spacial score (nSPS) is 13.5. The molecule has 91 valence electrons. The van der Waals surface area contributed by atoms with Crippen molar-refractivity contribution in [2.45, 2.75) is 26.2 Å². The summed E-state index contributed by atoms with van der Waals surface area (Å²) in [7, 11) is 0. The highest BCUT2D eigenvalue weighted by Crippen LogP contribution is 2.35. The van der Waals surface area contributed by atoms with Crippen LogP contribution in [0.5, 0.6) is 0 Å². The molecule has 3 rings (SSSR count). The topological polar surface area (TPSA) is 13.1 Å². The molecular formula is C17H17O. The Balaban J connectivity index is 1.88. The van der Waals surface area contributed by atoms with Gasteiger partial charge in [-0.1, -0.05) is 37.6 Å². The lowest BCUT2D eigenvalue weighted by atomic mass is 10.0. The van der Waals surface area contributed by atoms with Gasteiger partial charge in [-0.3, -0.25) is 0 Å². The molecule has 1 aromatic heterocycles. The molecule has 0 spiro atoms. The van der Waals surface area contributed by atoms with Gasteiger partial charge in [0.2, 0.25) is 0 Å². The summed E-state index contributed by atoms with van der Waals surface area (Å²) >= 11 is 0. The molecule has 0 unspecified atom stereocenters. The van der Waals surface area contributed by atoms with Crippen LogP contribution in [-0.2, 0) is 6.42 Å².